The van der Waals surface area contributed by atoms with Crippen LogP contribution in [0, 0.1) is 16.7 Å². The van der Waals surface area contributed by atoms with Gasteiger partial charge in [0.2, 0.25) is 5.91 Å². The maximum absolute atomic E-state index is 11.5. The number of hydrogen-bond donors (Lipinski definition) is 2. The van der Waals surface area contributed by atoms with Gasteiger partial charge in [-0.15, -0.1) is 0 Å². The molecule has 0 spiro atoms. The van der Waals surface area contributed by atoms with Crippen molar-refractivity contribution in [1.29, 1.82) is 5.26 Å². The second-order valence-electron chi connectivity index (χ2n) is 5.18. The second kappa shape index (κ2) is 6.57. The Hall–Kier alpha value is -2.55. The summed E-state index contributed by atoms with van der Waals surface area (Å²) >= 11 is 0. The van der Waals surface area contributed by atoms with Crippen LogP contribution in [0.15, 0.2) is 24.3 Å². The summed E-state index contributed by atoms with van der Waals surface area (Å²) in [6, 6.07) is 8.36. The molecule has 0 aromatic heterocycles. The lowest BCUT2D eigenvalue weighted by Gasteiger charge is -2.17. The summed E-state index contributed by atoms with van der Waals surface area (Å²) in [6.07, 6.45) is 0. The molecule has 0 saturated carbocycles. The minimum atomic E-state index is -0.582. The van der Waals surface area contributed by atoms with Gasteiger partial charge in [0.15, 0.2) is 6.61 Å². The lowest BCUT2D eigenvalue weighted by atomic mass is 9.96. The first-order valence-electron chi connectivity index (χ1n) is 6.05. The summed E-state index contributed by atoms with van der Waals surface area (Å²) in [6.45, 7) is 4.99. The van der Waals surface area contributed by atoms with Crippen molar-refractivity contribution < 1.29 is 14.3 Å². The highest BCUT2D eigenvalue weighted by Gasteiger charge is 2.21. The van der Waals surface area contributed by atoms with Crippen molar-refractivity contribution in [3.8, 4) is 11.8 Å². The number of rotatable bonds is 3. The van der Waals surface area contributed by atoms with Crippen molar-refractivity contribution in [3.63, 3.8) is 0 Å². The topological polar surface area (TPSA) is 91.2 Å². The number of hydrogen-bond acceptors (Lipinski definition) is 4. The maximum Gasteiger partial charge on any atom is 0.276 e. The Labute approximate surface area is 117 Å². The van der Waals surface area contributed by atoms with Crippen molar-refractivity contribution in [1.82, 2.24) is 10.9 Å². The van der Waals surface area contributed by atoms with E-state index in [-0.39, 0.29) is 12.5 Å². The number of carbonyl (C=O) groups is 2. The number of carbonyl (C=O) groups excluding carboxylic acids is 2. The Morgan fingerprint density at radius 3 is 2.30 bits per heavy atom. The molecule has 0 aliphatic heterocycles. The molecular weight excluding hydrogens is 258 g/mol. The van der Waals surface area contributed by atoms with Gasteiger partial charge in [-0.1, -0.05) is 20.8 Å². The van der Waals surface area contributed by atoms with Gasteiger partial charge in [-0.3, -0.25) is 20.4 Å². The van der Waals surface area contributed by atoms with Crippen LogP contribution in [0.5, 0.6) is 5.75 Å². The molecule has 0 aliphatic rings. The van der Waals surface area contributed by atoms with Crippen LogP contribution in [0.4, 0.5) is 0 Å². The summed E-state index contributed by atoms with van der Waals surface area (Å²) in [7, 11) is 0. The van der Waals surface area contributed by atoms with Gasteiger partial charge in [0.25, 0.3) is 5.91 Å². The average molecular weight is 275 g/mol. The van der Waals surface area contributed by atoms with Crippen LogP contribution in [-0.2, 0) is 9.59 Å². The van der Waals surface area contributed by atoms with E-state index < -0.39 is 11.3 Å². The highest BCUT2D eigenvalue weighted by molar-refractivity contribution is 5.85. The molecule has 0 bridgehead atoms. The van der Waals surface area contributed by atoms with Crippen molar-refractivity contribution in [2.75, 3.05) is 6.61 Å². The highest BCUT2D eigenvalue weighted by atomic mass is 16.5. The highest BCUT2D eigenvalue weighted by Crippen LogP contribution is 2.12. The molecule has 0 unspecified atom stereocenters. The van der Waals surface area contributed by atoms with Gasteiger partial charge in [-0.05, 0) is 24.3 Å². The molecule has 106 valence electrons. The predicted octanol–water partition coefficient (Wildman–Crippen LogP) is 1.13. The zero-order chi connectivity index (χ0) is 15.2. The first kappa shape index (κ1) is 15.5. The van der Waals surface area contributed by atoms with Gasteiger partial charge in [0.05, 0.1) is 11.6 Å². The lowest BCUT2D eigenvalue weighted by Crippen LogP contribution is -2.48. The van der Waals surface area contributed by atoms with Gasteiger partial charge in [-0.2, -0.15) is 5.26 Å². The summed E-state index contributed by atoms with van der Waals surface area (Å²) in [5, 5.41) is 8.64. The third-order valence-electron chi connectivity index (χ3n) is 2.35. The van der Waals surface area contributed by atoms with E-state index in [1.807, 2.05) is 6.07 Å². The fourth-order valence-electron chi connectivity index (χ4n) is 1.12. The molecular formula is C14H17N3O3. The number of benzene rings is 1. The van der Waals surface area contributed by atoms with Crippen molar-refractivity contribution in [2.45, 2.75) is 20.8 Å². The molecule has 0 heterocycles. The summed E-state index contributed by atoms with van der Waals surface area (Å²) in [5.74, 6) is -0.280. The molecule has 1 aromatic rings. The molecule has 20 heavy (non-hydrogen) atoms. The first-order chi connectivity index (χ1) is 9.32. The zero-order valence-corrected chi connectivity index (χ0v) is 11.7. The van der Waals surface area contributed by atoms with E-state index in [1.165, 1.54) is 0 Å². The van der Waals surface area contributed by atoms with Gasteiger partial charge in [0.1, 0.15) is 5.75 Å². The first-order valence-corrected chi connectivity index (χ1v) is 6.05. The largest absolute Gasteiger partial charge is 0.484 e. The van der Waals surface area contributed by atoms with Crippen LogP contribution in [0.25, 0.3) is 0 Å². The Kier molecular flexibility index (Phi) is 5.09. The van der Waals surface area contributed by atoms with E-state index in [0.717, 1.165) is 0 Å². The van der Waals surface area contributed by atoms with E-state index in [2.05, 4.69) is 10.9 Å². The third kappa shape index (κ3) is 4.98. The SMILES string of the molecule is CC(C)(C)C(=O)NNC(=O)COc1ccc(C#N)cc1. The predicted molar refractivity (Wildman–Crippen MR) is 72.4 cm³/mol. The van der Waals surface area contributed by atoms with Crippen molar-refractivity contribution >= 4 is 11.8 Å². The Bertz CT molecular complexity index is 524. The second-order valence-corrected chi connectivity index (χ2v) is 5.18. The van der Waals surface area contributed by atoms with Crippen LogP contribution in [0.3, 0.4) is 0 Å². The molecule has 1 rings (SSSR count). The van der Waals surface area contributed by atoms with E-state index in [4.69, 9.17) is 10.00 Å². The lowest BCUT2D eigenvalue weighted by molar-refractivity contribution is -0.134. The van der Waals surface area contributed by atoms with Gasteiger partial charge in [0, 0.05) is 5.41 Å². The van der Waals surface area contributed by atoms with Crippen molar-refractivity contribution in [3.05, 3.63) is 29.8 Å². The molecule has 1 aromatic carbocycles. The van der Waals surface area contributed by atoms with E-state index in [9.17, 15) is 9.59 Å². The molecule has 0 aliphatic carbocycles. The maximum atomic E-state index is 11.5. The monoisotopic (exact) mass is 275 g/mol. The summed E-state index contributed by atoms with van der Waals surface area (Å²) in [5.41, 5.74) is 4.51. The number of nitrogens with one attached hydrogen (secondary N) is 2. The molecule has 0 fully saturated rings. The molecule has 6 nitrogen and oxygen atoms in total. The van der Waals surface area contributed by atoms with Gasteiger partial charge >= 0.3 is 0 Å². The smallest absolute Gasteiger partial charge is 0.276 e. The van der Waals surface area contributed by atoms with Crippen LogP contribution in [0.1, 0.15) is 26.3 Å². The minimum absolute atomic E-state index is 0.226. The number of hydrazine groups is 1. The number of ether oxygens (including phenoxy) is 1. The van der Waals surface area contributed by atoms with Crippen LogP contribution >= 0.6 is 0 Å². The Morgan fingerprint density at radius 2 is 1.80 bits per heavy atom. The van der Waals surface area contributed by atoms with Crippen LogP contribution in [0.2, 0.25) is 0 Å². The molecule has 0 saturated heterocycles. The fraction of sp³-hybridized carbons (Fsp3) is 0.357. The molecule has 2 amide bonds. The molecule has 0 atom stereocenters. The fourth-order valence-corrected chi connectivity index (χ4v) is 1.12. The van der Waals surface area contributed by atoms with Crippen molar-refractivity contribution in [2.24, 2.45) is 5.41 Å². The van der Waals surface area contributed by atoms with E-state index >= 15 is 0 Å². The van der Waals surface area contributed by atoms with Crippen LogP contribution < -0.4 is 15.6 Å². The molecule has 6 heteroatoms. The van der Waals surface area contributed by atoms with Gasteiger partial charge in [-0.25, -0.2) is 0 Å². The summed E-state index contributed by atoms with van der Waals surface area (Å²) < 4.78 is 5.21. The van der Waals surface area contributed by atoms with Crippen LogP contribution in [-0.4, -0.2) is 18.4 Å². The summed E-state index contributed by atoms with van der Waals surface area (Å²) in [4.78, 5) is 23.0. The number of amides is 2. The zero-order valence-electron chi connectivity index (χ0n) is 11.7. The Morgan fingerprint density at radius 1 is 1.20 bits per heavy atom. The molecule has 0 radical (unpaired) electrons. The van der Waals surface area contributed by atoms with Gasteiger partial charge < -0.3 is 4.74 Å². The third-order valence-corrected chi connectivity index (χ3v) is 2.35. The minimum Gasteiger partial charge on any atom is -0.484 e. The molecule has 2 N–H and O–H groups in total. The van der Waals surface area contributed by atoms with E-state index in [1.54, 1.807) is 45.0 Å². The number of nitriles is 1. The number of nitrogens with zero attached hydrogens (tertiary/aromatic N) is 1. The quantitative estimate of drug-likeness (QED) is 0.809. The normalized spacial score (nSPS) is 10.3. The standard InChI is InChI=1S/C14H17N3O3/c1-14(2,3)13(19)17-16-12(18)9-20-11-6-4-10(8-15)5-7-11/h4-7H,9H2,1-3H3,(H,16,18)(H,17,19). The Balaban J connectivity index is 2.36. The average Bonchev–Trinajstić information content (AvgIpc) is 2.41. The van der Waals surface area contributed by atoms with E-state index in [0.29, 0.717) is 11.3 Å².